The van der Waals surface area contributed by atoms with E-state index < -0.39 is 5.91 Å². The first-order valence-electron chi connectivity index (χ1n) is 6.55. The molecule has 0 aliphatic heterocycles. The Morgan fingerprint density at radius 3 is 2.50 bits per heavy atom. The molecule has 6 nitrogen and oxygen atoms in total. The molecule has 2 heterocycles. The summed E-state index contributed by atoms with van der Waals surface area (Å²) in [4.78, 5) is 17.3. The Balaban J connectivity index is 2.01. The third-order valence-corrected chi connectivity index (χ3v) is 4.75. The molecule has 120 valence electrons. The normalized spacial score (nSPS) is 10.5. The summed E-state index contributed by atoms with van der Waals surface area (Å²) in [6, 6.07) is 8.16. The van der Waals surface area contributed by atoms with Gasteiger partial charge in [0.2, 0.25) is 0 Å². The van der Waals surface area contributed by atoms with Crippen molar-refractivity contribution in [2.24, 2.45) is 0 Å². The van der Waals surface area contributed by atoms with Gasteiger partial charge < -0.3 is 16.8 Å². The lowest BCUT2D eigenvalue weighted by Crippen LogP contribution is -2.11. The number of anilines is 3. The lowest BCUT2D eigenvalue weighted by molar-refractivity contribution is 0.103. The van der Waals surface area contributed by atoms with Gasteiger partial charge in [-0.3, -0.25) is 4.79 Å². The van der Waals surface area contributed by atoms with Crippen LogP contribution in [0, 0.1) is 11.3 Å². The van der Waals surface area contributed by atoms with Crippen LogP contribution >= 0.6 is 34.5 Å². The number of hydrogen-bond acceptors (Lipinski definition) is 6. The highest BCUT2D eigenvalue weighted by atomic mass is 35.5. The number of thiophene rings is 1. The van der Waals surface area contributed by atoms with E-state index in [2.05, 4.69) is 10.3 Å². The molecule has 0 aliphatic carbocycles. The van der Waals surface area contributed by atoms with E-state index in [4.69, 9.17) is 39.9 Å². The number of nitrogens with zero attached hydrogens (tertiary/aromatic N) is 2. The number of benzene rings is 1. The number of fused-ring (bicyclic) bond motifs is 1. The molecular formula is C15H9Cl2N5OS. The van der Waals surface area contributed by atoms with Crippen molar-refractivity contribution in [3.05, 3.63) is 44.8 Å². The van der Waals surface area contributed by atoms with Gasteiger partial charge in [-0.05, 0) is 24.3 Å². The number of amides is 1. The molecule has 0 bridgehead atoms. The van der Waals surface area contributed by atoms with Gasteiger partial charge >= 0.3 is 0 Å². The molecule has 0 atom stereocenters. The van der Waals surface area contributed by atoms with Crippen LogP contribution in [0.4, 0.5) is 17.2 Å². The van der Waals surface area contributed by atoms with Crippen LogP contribution in [0.15, 0.2) is 24.3 Å². The molecular weight excluding hydrogens is 369 g/mol. The predicted molar refractivity (Wildman–Crippen MR) is 97.6 cm³/mol. The van der Waals surface area contributed by atoms with Gasteiger partial charge in [-0.25, -0.2) is 4.98 Å². The Labute approximate surface area is 150 Å². The Hall–Kier alpha value is -2.53. The number of pyridine rings is 1. The first kappa shape index (κ1) is 16.3. The molecule has 0 saturated carbocycles. The number of halogens is 2. The number of nitrogens with one attached hydrogen (secondary N) is 1. The number of nitrogen functional groups attached to an aromatic ring is 2. The van der Waals surface area contributed by atoms with Crippen molar-refractivity contribution in [3.8, 4) is 6.07 Å². The molecule has 0 saturated heterocycles. The van der Waals surface area contributed by atoms with Crippen LogP contribution in [0.25, 0.3) is 10.2 Å². The number of nitrogens with two attached hydrogens (primary N) is 2. The Morgan fingerprint density at radius 2 is 1.88 bits per heavy atom. The Kier molecular flexibility index (Phi) is 4.20. The van der Waals surface area contributed by atoms with Gasteiger partial charge in [0.15, 0.2) is 0 Å². The van der Waals surface area contributed by atoms with Gasteiger partial charge in [0.25, 0.3) is 5.91 Å². The molecule has 0 aliphatic rings. The van der Waals surface area contributed by atoms with Crippen LogP contribution in [0.1, 0.15) is 15.2 Å². The molecule has 0 fully saturated rings. The van der Waals surface area contributed by atoms with Crippen LogP contribution < -0.4 is 16.8 Å². The zero-order valence-corrected chi connectivity index (χ0v) is 14.3. The second kappa shape index (κ2) is 6.17. The van der Waals surface area contributed by atoms with Crippen LogP contribution in [-0.4, -0.2) is 10.9 Å². The fraction of sp³-hybridized carbons (Fsp3) is 0. The summed E-state index contributed by atoms with van der Waals surface area (Å²) < 4.78 is 0. The molecule has 0 radical (unpaired) electrons. The maximum atomic E-state index is 12.5. The second-order valence-corrected chi connectivity index (χ2v) is 6.71. The van der Waals surface area contributed by atoms with Crippen LogP contribution in [-0.2, 0) is 0 Å². The average molecular weight is 378 g/mol. The highest BCUT2D eigenvalue weighted by Gasteiger charge is 2.19. The maximum absolute atomic E-state index is 12.5. The largest absolute Gasteiger partial charge is 0.397 e. The number of rotatable bonds is 2. The van der Waals surface area contributed by atoms with E-state index in [1.165, 1.54) is 6.07 Å². The van der Waals surface area contributed by atoms with Crippen molar-refractivity contribution in [3.63, 3.8) is 0 Å². The lowest BCUT2D eigenvalue weighted by atomic mass is 10.2. The van der Waals surface area contributed by atoms with Gasteiger partial charge in [0.1, 0.15) is 21.6 Å². The lowest BCUT2D eigenvalue weighted by Gasteiger charge is -2.05. The van der Waals surface area contributed by atoms with Crippen molar-refractivity contribution in [1.82, 2.24) is 4.98 Å². The molecule has 5 N–H and O–H groups in total. The van der Waals surface area contributed by atoms with Crippen LogP contribution in [0.2, 0.25) is 10.0 Å². The smallest absolute Gasteiger partial charge is 0.267 e. The average Bonchev–Trinajstić information content (AvgIpc) is 2.81. The minimum atomic E-state index is -0.425. The molecule has 9 heteroatoms. The third-order valence-electron chi connectivity index (χ3n) is 3.20. The minimum Gasteiger partial charge on any atom is -0.397 e. The topological polar surface area (TPSA) is 118 Å². The van der Waals surface area contributed by atoms with Crippen molar-refractivity contribution in [1.29, 1.82) is 5.26 Å². The number of hydrogen-bond donors (Lipinski definition) is 3. The summed E-state index contributed by atoms with van der Waals surface area (Å²) >= 11 is 12.9. The summed E-state index contributed by atoms with van der Waals surface area (Å²) in [5.41, 5.74) is 12.6. The quantitative estimate of drug-likeness (QED) is 0.625. The SMILES string of the molecule is N#Cc1cc2c(N)c(C(=O)Nc3cc(Cl)cc(Cl)c3)sc2nc1N. The van der Waals surface area contributed by atoms with Crippen molar-refractivity contribution < 1.29 is 4.79 Å². The first-order valence-corrected chi connectivity index (χ1v) is 8.12. The molecule has 0 spiro atoms. The van der Waals surface area contributed by atoms with Crippen molar-refractivity contribution >= 4 is 67.9 Å². The summed E-state index contributed by atoms with van der Waals surface area (Å²) in [5, 5.41) is 13.0. The first-order chi connectivity index (χ1) is 11.4. The summed E-state index contributed by atoms with van der Waals surface area (Å²) in [5.74, 6) is -0.328. The summed E-state index contributed by atoms with van der Waals surface area (Å²) in [6.45, 7) is 0. The summed E-state index contributed by atoms with van der Waals surface area (Å²) in [7, 11) is 0. The van der Waals surface area contributed by atoms with E-state index in [0.29, 0.717) is 25.9 Å². The monoisotopic (exact) mass is 377 g/mol. The molecule has 2 aromatic heterocycles. The van der Waals surface area contributed by atoms with Gasteiger partial charge in [-0.2, -0.15) is 5.26 Å². The van der Waals surface area contributed by atoms with Gasteiger partial charge in [-0.1, -0.05) is 23.2 Å². The van der Waals surface area contributed by atoms with E-state index in [9.17, 15) is 4.79 Å². The number of carbonyl (C=O) groups excluding carboxylic acids is 1. The van der Waals surface area contributed by atoms with Crippen molar-refractivity contribution in [2.45, 2.75) is 0 Å². The van der Waals surface area contributed by atoms with E-state index in [-0.39, 0.29) is 21.9 Å². The van der Waals surface area contributed by atoms with Crippen LogP contribution in [0.5, 0.6) is 0 Å². The fourth-order valence-electron chi connectivity index (χ4n) is 2.13. The minimum absolute atomic E-state index is 0.0971. The van der Waals surface area contributed by atoms with Gasteiger partial charge in [0, 0.05) is 21.1 Å². The van der Waals surface area contributed by atoms with Gasteiger partial charge in [-0.15, -0.1) is 11.3 Å². The highest BCUT2D eigenvalue weighted by molar-refractivity contribution is 7.21. The number of carbonyl (C=O) groups is 1. The van der Waals surface area contributed by atoms with E-state index in [1.807, 2.05) is 6.07 Å². The molecule has 1 aromatic carbocycles. The fourth-order valence-corrected chi connectivity index (χ4v) is 3.63. The third kappa shape index (κ3) is 2.95. The van der Waals surface area contributed by atoms with Crippen molar-refractivity contribution in [2.75, 3.05) is 16.8 Å². The van der Waals surface area contributed by atoms with E-state index in [1.54, 1.807) is 18.2 Å². The van der Waals surface area contributed by atoms with Crippen LogP contribution in [0.3, 0.4) is 0 Å². The molecule has 1 amide bonds. The Morgan fingerprint density at radius 1 is 1.21 bits per heavy atom. The molecule has 0 unspecified atom stereocenters. The zero-order chi connectivity index (χ0) is 17.4. The molecule has 3 rings (SSSR count). The summed E-state index contributed by atoms with van der Waals surface area (Å²) in [6.07, 6.45) is 0. The highest BCUT2D eigenvalue weighted by Crippen LogP contribution is 2.35. The number of nitriles is 1. The maximum Gasteiger partial charge on any atom is 0.267 e. The van der Waals surface area contributed by atoms with E-state index in [0.717, 1.165) is 11.3 Å². The zero-order valence-electron chi connectivity index (χ0n) is 11.9. The molecule has 24 heavy (non-hydrogen) atoms. The predicted octanol–water partition coefficient (Wildman–Crippen LogP) is 3.89. The number of aromatic nitrogens is 1. The van der Waals surface area contributed by atoms with Gasteiger partial charge in [0.05, 0.1) is 11.3 Å². The standard InChI is InChI=1S/C15H9Cl2N5OS/c16-7-2-8(17)4-9(3-7)21-14(23)12-11(19)10-1-6(5-18)13(20)22-15(10)24-12/h1-4H,19H2,(H2,20,22)(H,21,23). The second-order valence-electron chi connectivity index (χ2n) is 4.84. The Bertz CT molecular complexity index is 1000. The molecule has 3 aromatic rings. The van der Waals surface area contributed by atoms with E-state index >= 15 is 0 Å².